The van der Waals surface area contributed by atoms with Crippen molar-refractivity contribution in [2.45, 2.75) is 25.5 Å². The van der Waals surface area contributed by atoms with Gasteiger partial charge in [-0.1, -0.05) is 36.4 Å². The quantitative estimate of drug-likeness (QED) is 0.508. The van der Waals surface area contributed by atoms with Gasteiger partial charge in [-0.3, -0.25) is 4.90 Å². The summed E-state index contributed by atoms with van der Waals surface area (Å²) in [6.07, 6.45) is 1.64. The molecular weight excluding hydrogens is 390 g/mol. The number of methoxy groups -OCH3 is 1. The van der Waals surface area contributed by atoms with Gasteiger partial charge in [0.05, 0.1) is 7.11 Å². The summed E-state index contributed by atoms with van der Waals surface area (Å²) < 4.78 is 11.4. The van der Waals surface area contributed by atoms with Crippen molar-refractivity contribution < 1.29 is 14.6 Å². The molecule has 0 aromatic heterocycles. The van der Waals surface area contributed by atoms with Gasteiger partial charge in [-0.25, -0.2) is 0 Å². The molecule has 1 aliphatic rings. The van der Waals surface area contributed by atoms with E-state index in [1.807, 2.05) is 18.2 Å². The lowest BCUT2D eigenvalue weighted by molar-refractivity contribution is 0.0501. The third-order valence-electron chi connectivity index (χ3n) is 5.75. The van der Waals surface area contributed by atoms with E-state index in [1.54, 1.807) is 7.11 Å². The van der Waals surface area contributed by atoms with Crippen LogP contribution in [0.5, 0.6) is 11.5 Å². The number of β-amino-alcohol motifs (C(OH)–C–C–N with tert-alkyl or cyclic N) is 1. The van der Waals surface area contributed by atoms with E-state index in [0.717, 1.165) is 69.2 Å². The Labute approximate surface area is 186 Å². The van der Waals surface area contributed by atoms with Gasteiger partial charge in [0, 0.05) is 50.9 Å². The van der Waals surface area contributed by atoms with Crippen molar-refractivity contribution in [3.8, 4) is 11.5 Å². The Morgan fingerprint density at radius 3 is 2.58 bits per heavy atom. The van der Waals surface area contributed by atoms with Gasteiger partial charge in [-0.15, -0.1) is 0 Å². The number of aryl methyl sites for hydroxylation is 1. The monoisotopic (exact) mass is 427 g/mol. The van der Waals surface area contributed by atoms with Gasteiger partial charge < -0.3 is 24.8 Å². The molecule has 1 unspecified atom stereocenters. The van der Waals surface area contributed by atoms with E-state index >= 15 is 0 Å². The van der Waals surface area contributed by atoms with Crippen molar-refractivity contribution in [2.24, 2.45) is 0 Å². The summed E-state index contributed by atoms with van der Waals surface area (Å²) >= 11 is 0. The molecule has 1 atom stereocenters. The molecule has 0 bridgehead atoms. The summed E-state index contributed by atoms with van der Waals surface area (Å²) in [7, 11) is 3.79. The molecule has 170 valence electrons. The zero-order chi connectivity index (χ0) is 21.9. The number of aliphatic hydroxyl groups excluding tert-OH is 1. The molecule has 0 spiro atoms. The Kier molecular flexibility index (Phi) is 9.62. The predicted molar refractivity (Wildman–Crippen MR) is 125 cm³/mol. The van der Waals surface area contributed by atoms with Crippen molar-refractivity contribution in [3.05, 3.63) is 59.7 Å². The third kappa shape index (κ3) is 8.15. The molecule has 6 heteroatoms. The number of likely N-dealkylation sites (N-methyl/N-ethyl adjacent to an activating group) is 1. The minimum absolute atomic E-state index is 0.278. The number of nitrogens with one attached hydrogen (secondary N) is 1. The van der Waals surface area contributed by atoms with Crippen molar-refractivity contribution in [1.82, 2.24) is 15.1 Å². The third-order valence-corrected chi connectivity index (χ3v) is 5.75. The molecule has 0 aliphatic carbocycles. The highest BCUT2D eigenvalue weighted by molar-refractivity contribution is 5.40. The van der Waals surface area contributed by atoms with Crippen molar-refractivity contribution in [3.63, 3.8) is 0 Å². The van der Waals surface area contributed by atoms with Gasteiger partial charge in [-0.2, -0.15) is 0 Å². The highest BCUT2D eigenvalue weighted by Gasteiger charge is 2.18. The second-order valence-corrected chi connectivity index (χ2v) is 8.31. The lowest BCUT2D eigenvalue weighted by atomic mass is 10.1. The lowest BCUT2D eigenvalue weighted by Gasteiger charge is -2.33. The Morgan fingerprint density at radius 1 is 1.06 bits per heavy atom. The molecule has 2 N–H and O–H groups in total. The maximum absolute atomic E-state index is 10.5. The van der Waals surface area contributed by atoms with Crippen LogP contribution in [0, 0.1) is 0 Å². The topological polar surface area (TPSA) is 57.2 Å². The predicted octanol–water partition coefficient (Wildman–Crippen LogP) is 2.40. The van der Waals surface area contributed by atoms with Crippen LogP contribution in [0.2, 0.25) is 0 Å². The highest BCUT2D eigenvalue weighted by atomic mass is 16.5. The molecule has 1 aliphatic heterocycles. The van der Waals surface area contributed by atoms with Crippen LogP contribution in [-0.2, 0) is 13.0 Å². The van der Waals surface area contributed by atoms with Crippen LogP contribution in [0.25, 0.3) is 0 Å². The van der Waals surface area contributed by atoms with Crippen LogP contribution in [0.3, 0.4) is 0 Å². The minimum atomic E-state index is -0.513. The second-order valence-electron chi connectivity index (χ2n) is 8.31. The smallest absolute Gasteiger partial charge is 0.127 e. The van der Waals surface area contributed by atoms with Crippen molar-refractivity contribution in [2.75, 3.05) is 60.0 Å². The molecular formula is C25H37N3O3. The standard InChI is InChI=1S/C25H37N3O3/c1-27-13-15-28(16-14-27)19-23(29)20-31-25-17-24(30-2)11-10-22(25)18-26-12-6-9-21-7-4-3-5-8-21/h3-5,7-8,10-11,17,23,26,29H,6,9,12-16,18-20H2,1-2H3. The first-order valence-electron chi connectivity index (χ1n) is 11.3. The Balaban J connectivity index is 1.45. The first kappa shape index (κ1) is 23.5. The zero-order valence-electron chi connectivity index (χ0n) is 18.9. The summed E-state index contributed by atoms with van der Waals surface area (Å²) in [5, 5.41) is 14.0. The summed E-state index contributed by atoms with van der Waals surface area (Å²) in [5.74, 6) is 1.53. The molecule has 0 saturated carbocycles. The highest BCUT2D eigenvalue weighted by Crippen LogP contribution is 2.25. The van der Waals surface area contributed by atoms with E-state index in [9.17, 15) is 5.11 Å². The number of piperazine rings is 1. The summed E-state index contributed by atoms with van der Waals surface area (Å²) in [5.41, 5.74) is 2.44. The number of hydrogen-bond donors (Lipinski definition) is 2. The largest absolute Gasteiger partial charge is 0.497 e. The maximum Gasteiger partial charge on any atom is 0.127 e. The second kappa shape index (κ2) is 12.7. The van der Waals surface area contributed by atoms with Crippen LogP contribution in [0.4, 0.5) is 0 Å². The number of rotatable bonds is 12. The number of ether oxygens (including phenoxy) is 2. The SMILES string of the molecule is COc1ccc(CNCCCc2ccccc2)c(OCC(O)CN2CCN(C)CC2)c1. The number of nitrogens with zero attached hydrogens (tertiary/aromatic N) is 2. The first-order valence-corrected chi connectivity index (χ1v) is 11.3. The van der Waals surface area contributed by atoms with E-state index < -0.39 is 6.10 Å². The summed E-state index contributed by atoms with van der Waals surface area (Å²) in [6, 6.07) is 16.5. The maximum atomic E-state index is 10.5. The molecule has 6 nitrogen and oxygen atoms in total. The number of hydrogen-bond acceptors (Lipinski definition) is 6. The van der Waals surface area contributed by atoms with E-state index in [0.29, 0.717) is 6.54 Å². The van der Waals surface area contributed by atoms with Crippen LogP contribution in [0.1, 0.15) is 17.5 Å². The lowest BCUT2D eigenvalue weighted by Crippen LogP contribution is -2.47. The Hall–Kier alpha value is -2.12. The Morgan fingerprint density at radius 2 is 1.84 bits per heavy atom. The van der Waals surface area contributed by atoms with Crippen LogP contribution in [-0.4, -0.2) is 81.0 Å². The molecule has 3 rings (SSSR count). The summed E-state index contributed by atoms with van der Waals surface area (Å²) in [4.78, 5) is 4.61. The van der Waals surface area contributed by atoms with E-state index in [1.165, 1.54) is 5.56 Å². The summed E-state index contributed by atoms with van der Waals surface area (Å²) in [6.45, 7) is 6.66. The molecule has 31 heavy (non-hydrogen) atoms. The average Bonchev–Trinajstić information content (AvgIpc) is 2.80. The van der Waals surface area contributed by atoms with Gasteiger partial charge in [0.1, 0.15) is 24.2 Å². The minimum Gasteiger partial charge on any atom is -0.497 e. The zero-order valence-corrected chi connectivity index (χ0v) is 18.9. The van der Waals surface area contributed by atoms with Gasteiger partial charge >= 0.3 is 0 Å². The normalized spacial score (nSPS) is 16.2. The molecule has 1 heterocycles. The molecule has 2 aromatic rings. The molecule has 0 radical (unpaired) electrons. The number of aliphatic hydroxyl groups is 1. The van der Waals surface area contributed by atoms with Crippen molar-refractivity contribution >= 4 is 0 Å². The Bertz CT molecular complexity index is 764. The molecule has 0 amide bonds. The van der Waals surface area contributed by atoms with Gasteiger partial charge in [0.15, 0.2) is 0 Å². The van der Waals surface area contributed by atoms with E-state index in [4.69, 9.17) is 9.47 Å². The number of benzene rings is 2. The average molecular weight is 428 g/mol. The van der Waals surface area contributed by atoms with Gasteiger partial charge in [-0.05, 0) is 38.1 Å². The first-order chi connectivity index (χ1) is 15.1. The fourth-order valence-electron chi connectivity index (χ4n) is 3.79. The van der Waals surface area contributed by atoms with Gasteiger partial charge in [0.2, 0.25) is 0 Å². The molecule has 2 aromatic carbocycles. The van der Waals surface area contributed by atoms with Crippen LogP contribution in [0.15, 0.2) is 48.5 Å². The van der Waals surface area contributed by atoms with E-state index in [-0.39, 0.29) is 6.61 Å². The van der Waals surface area contributed by atoms with E-state index in [2.05, 4.69) is 52.5 Å². The van der Waals surface area contributed by atoms with Crippen LogP contribution < -0.4 is 14.8 Å². The van der Waals surface area contributed by atoms with Gasteiger partial charge in [0.25, 0.3) is 0 Å². The van der Waals surface area contributed by atoms with Crippen molar-refractivity contribution in [1.29, 1.82) is 0 Å². The van der Waals surface area contributed by atoms with Crippen LogP contribution >= 0.6 is 0 Å². The molecule has 1 fully saturated rings. The fourth-order valence-corrected chi connectivity index (χ4v) is 3.79. The fraction of sp³-hybridized carbons (Fsp3) is 0.520. The molecule has 1 saturated heterocycles.